The lowest BCUT2D eigenvalue weighted by Gasteiger charge is -2.28. The summed E-state index contributed by atoms with van der Waals surface area (Å²) in [5.41, 5.74) is 1.75. The topological polar surface area (TPSA) is 86.7 Å². The second-order valence-electron chi connectivity index (χ2n) is 5.67. The zero-order valence-corrected chi connectivity index (χ0v) is 14.1. The first-order chi connectivity index (χ1) is 12.5. The summed E-state index contributed by atoms with van der Waals surface area (Å²) in [6.45, 7) is 1.65. The molecule has 0 saturated carbocycles. The maximum absolute atomic E-state index is 12.7. The van der Waals surface area contributed by atoms with Crippen LogP contribution in [0.1, 0.15) is 28.4 Å². The number of benzene rings is 2. The molecule has 0 radical (unpaired) electrons. The normalized spacial score (nSPS) is 15.1. The number of carbonyl (C=O) groups excluding carboxylic acids is 3. The highest BCUT2D eigenvalue weighted by Crippen LogP contribution is 2.30. The van der Waals surface area contributed by atoms with E-state index >= 15 is 0 Å². The highest BCUT2D eigenvalue weighted by Gasteiger charge is 2.34. The molecule has 0 spiro atoms. The summed E-state index contributed by atoms with van der Waals surface area (Å²) in [4.78, 5) is 36.8. The van der Waals surface area contributed by atoms with Crippen LogP contribution in [0, 0.1) is 0 Å². The third-order valence-corrected chi connectivity index (χ3v) is 3.96. The second-order valence-corrected chi connectivity index (χ2v) is 5.67. The molecule has 0 atom stereocenters. The Morgan fingerprint density at radius 1 is 1.04 bits per heavy atom. The van der Waals surface area contributed by atoms with Gasteiger partial charge in [-0.25, -0.2) is 0 Å². The predicted molar refractivity (Wildman–Crippen MR) is 93.0 cm³/mol. The maximum Gasteiger partial charge on any atom is 0.261 e. The molecule has 1 heterocycles. The Morgan fingerprint density at radius 2 is 1.69 bits per heavy atom. The van der Waals surface area contributed by atoms with Gasteiger partial charge in [-0.15, -0.1) is 0 Å². The van der Waals surface area contributed by atoms with Gasteiger partial charge in [-0.3, -0.25) is 14.5 Å². The highest BCUT2D eigenvalue weighted by molar-refractivity contribution is 6.34. The molecule has 2 amide bonds. The van der Waals surface area contributed by atoms with Gasteiger partial charge < -0.3 is 14.6 Å². The molecule has 0 unspecified atom stereocenters. The monoisotopic (exact) mass is 350 g/mol. The summed E-state index contributed by atoms with van der Waals surface area (Å²) in [6, 6.07) is 13.7. The Kier molecular flexibility index (Phi) is 4.84. The van der Waals surface area contributed by atoms with Gasteiger partial charge in [-0.1, -0.05) is 30.3 Å². The van der Waals surface area contributed by atoms with Crippen molar-refractivity contribution in [2.24, 2.45) is 0 Å². The van der Waals surface area contributed by atoms with Gasteiger partial charge in [-0.2, -0.15) is 0 Å². The zero-order chi connectivity index (χ0) is 18.7. The van der Waals surface area contributed by atoms with E-state index in [2.05, 4.69) is 0 Å². The summed E-state index contributed by atoms with van der Waals surface area (Å²) in [5, 5.41) is 10.9. The number of aliphatic carboxylic acids is 1. The van der Waals surface area contributed by atoms with Gasteiger partial charge in [0.05, 0.1) is 19.1 Å². The van der Waals surface area contributed by atoms with Crippen LogP contribution in [0.2, 0.25) is 0 Å². The maximum atomic E-state index is 12.7. The molecular formula is C20H16NO5-. The van der Waals surface area contributed by atoms with E-state index in [0.29, 0.717) is 22.8 Å². The SMILES string of the molecule is CCOc1ccc(/C=C2\C(=O)N(CC(=O)[O-])C(=O)c3ccccc32)cc1. The molecule has 1 aliphatic heterocycles. The number of amides is 2. The first-order valence-electron chi connectivity index (χ1n) is 8.11. The van der Waals surface area contributed by atoms with Gasteiger partial charge in [0.15, 0.2) is 0 Å². The van der Waals surface area contributed by atoms with E-state index < -0.39 is 24.3 Å². The van der Waals surface area contributed by atoms with Crippen LogP contribution in [-0.2, 0) is 9.59 Å². The summed E-state index contributed by atoms with van der Waals surface area (Å²) in [5.74, 6) is -2.09. The molecular weight excluding hydrogens is 334 g/mol. The fourth-order valence-corrected chi connectivity index (χ4v) is 2.81. The molecule has 2 aromatic carbocycles. The van der Waals surface area contributed by atoms with Crippen LogP contribution in [0.4, 0.5) is 0 Å². The van der Waals surface area contributed by atoms with Crippen LogP contribution < -0.4 is 9.84 Å². The van der Waals surface area contributed by atoms with Gasteiger partial charge >= 0.3 is 0 Å². The van der Waals surface area contributed by atoms with Crippen LogP contribution in [-0.4, -0.2) is 35.8 Å². The zero-order valence-electron chi connectivity index (χ0n) is 14.1. The third kappa shape index (κ3) is 3.35. The molecule has 132 valence electrons. The number of nitrogens with zero attached hydrogens (tertiary/aromatic N) is 1. The molecule has 0 bridgehead atoms. The van der Waals surface area contributed by atoms with Gasteiger partial charge in [0, 0.05) is 11.1 Å². The van der Waals surface area contributed by atoms with E-state index in [1.165, 1.54) is 0 Å². The molecule has 0 aliphatic carbocycles. The van der Waals surface area contributed by atoms with E-state index in [1.807, 2.05) is 6.92 Å². The van der Waals surface area contributed by atoms with Crippen LogP contribution in [0.15, 0.2) is 48.5 Å². The molecule has 0 aromatic heterocycles. The summed E-state index contributed by atoms with van der Waals surface area (Å²) < 4.78 is 5.39. The Bertz CT molecular complexity index is 899. The smallest absolute Gasteiger partial charge is 0.261 e. The van der Waals surface area contributed by atoms with E-state index in [9.17, 15) is 19.5 Å². The number of carbonyl (C=O) groups is 3. The number of ether oxygens (including phenoxy) is 1. The minimum atomic E-state index is -1.49. The van der Waals surface area contributed by atoms with Crippen LogP contribution >= 0.6 is 0 Å². The molecule has 2 aromatic rings. The largest absolute Gasteiger partial charge is 0.548 e. The number of carboxylic acid groups (broad SMARTS) is 1. The fourth-order valence-electron chi connectivity index (χ4n) is 2.81. The standard InChI is InChI=1S/C20H17NO5/c1-2-26-14-9-7-13(8-10-14)11-17-15-5-3-4-6-16(15)19(24)21(20(17)25)12-18(22)23/h3-11H,2,12H2,1H3,(H,22,23)/p-1/b17-11-. The van der Waals surface area contributed by atoms with Crippen molar-refractivity contribution < 1.29 is 24.2 Å². The van der Waals surface area contributed by atoms with Crippen molar-refractivity contribution in [3.8, 4) is 5.75 Å². The van der Waals surface area contributed by atoms with Crippen LogP contribution in [0.3, 0.4) is 0 Å². The van der Waals surface area contributed by atoms with Crippen LogP contribution in [0.5, 0.6) is 5.75 Å². The number of carboxylic acids is 1. The van der Waals surface area contributed by atoms with Crippen molar-refractivity contribution in [3.05, 3.63) is 65.2 Å². The Labute approximate surface area is 150 Å². The number of fused-ring (bicyclic) bond motifs is 1. The van der Waals surface area contributed by atoms with E-state index in [4.69, 9.17) is 4.74 Å². The van der Waals surface area contributed by atoms with Crippen molar-refractivity contribution >= 4 is 29.4 Å². The fraction of sp³-hybridized carbons (Fsp3) is 0.150. The third-order valence-electron chi connectivity index (χ3n) is 3.96. The van der Waals surface area contributed by atoms with Gasteiger partial charge in [-0.05, 0) is 42.3 Å². The lowest BCUT2D eigenvalue weighted by atomic mass is 9.92. The summed E-state index contributed by atoms with van der Waals surface area (Å²) in [6.07, 6.45) is 1.63. The minimum absolute atomic E-state index is 0.255. The summed E-state index contributed by atoms with van der Waals surface area (Å²) in [7, 11) is 0. The second kappa shape index (κ2) is 7.23. The molecule has 1 aliphatic rings. The van der Waals surface area contributed by atoms with Gasteiger partial charge in [0.1, 0.15) is 5.75 Å². The van der Waals surface area contributed by atoms with Crippen molar-refractivity contribution in [1.29, 1.82) is 0 Å². The van der Waals surface area contributed by atoms with E-state index in [0.717, 1.165) is 5.56 Å². The molecule has 0 N–H and O–H groups in total. The number of hydrogen-bond donors (Lipinski definition) is 0. The Balaban J connectivity index is 2.06. The molecule has 6 nitrogen and oxygen atoms in total. The van der Waals surface area contributed by atoms with Crippen molar-refractivity contribution in [1.82, 2.24) is 4.90 Å². The van der Waals surface area contributed by atoms with E-state index in [1.54, 1.807) is 54.6 Å². The number of hydrogen-bond acceptors (Lipinski definition) is 5. The molecule has 0 saturated heterocycles. The average molecular weight is 350 g/mol. The quantitative estimate of drug-likeness (QED) is 0.600. The van der Waals surface area contributed by atoms with E-state index in [-0.39, 0.29) is 11.1 Å². The highest BCUT2D eigenvalue weighted by atomic mass is 16.5. The van der Waals surface area contributed by atoms with Gasteiger partial charge in [0.25, 0.3) is 11.8 Å². The van der Waals surface area contributed by atoms with Crippen LogP contribution in [0.25, 0.3) is 11.6 Å². The molecule has 3 rings (SSSR count). The van der Waals surface area contributed by atoms with Crippen molar-refractivity contribution in [2.45, 2.75) is 6.92 Å². The lowest BCUT2D eigenvalue weighted by Crippen LogP contribution is -2.47. The number of imide groups is 1. The van der Waals surface area contributed by atoms with Crippen molar-refractivity contribution in [2.75, 3.05) is 13.2 Å². The minimum Gasteiger partial charge on any atom is -0.548 e. The van der Waals surface area contributed by atoms with Crippen molar-refractivity contribution in [3.63, 3.8) is 0 Å². The van der Waals surface area contributed by atoms with Gasteiger partial charge in [0.2, 0.25) is 0 Å². The Hall–Kier alpha value is -3.41. The molecule has 26 heavy (non-hydrogen) atoms. The molecule has 0 fully saturated rings. The first-order valence-corrected chi connectivity index (χ1v) is 8.11. The average Bonchev–Trinajstić information content (AvgIpc) is 2.64. The predicted octanol–water partition coefficient (Wildman–Crippen LogP) is 1.36. The number of rotatable bonds is 5. The lowest BCUT2D eigenvalue weighted by molar-refractivity contribution is -0.305. The molecule has 6 heteroatoms. The Morgan fingerprint density at radius 3 is 2.31 bits per heavy atom. The summed E-state index contributed by atoms with van der Waals surface area (Å²) >= 11 is 0. The first kappa shape index (κ1) is 17.4.